The Balaban J connectivity index is 1.55. The van der Waals surface area contributed by atoms with Crippen molar-refractivity contribution in [1.82, 2.24) is 19.2 Å². The molecule has 0 atom stereocenters. The molecular formula is C34H23N5. The minimum atomic E-state index is 0.851. The highest BCUT2D eigenvalue weighted by Crippen LogP contribution is 2.38. The van der Waals surface area contributed by atoms with E-state index in [4.69, 9.17) is 9.97 Å². The molecule has 0 saturated carbocycles. The monoisotopic (exact) mass is 501 g/mol. The first-order valence-corrected chi connectivity index (χ1v) is 13.0. The minimum Gasteiger partial charge on any atom is -0.294 e. The van der Waals surface area contributed by atoms with Crippen LogP contribution in [0, 0.1) is 0 Å². The molecule has 0 amide bonds. The van der Waals surface area contributed by atoms with E-state index in [1.165, 1.54) is 5.39 Å². The largest absolute Gasteiger partial charge is 0.294 e. The van der Waals surface area contributed by atoms with Crippen LogP contribution in [-0.4, -0.2) is 19.2 Å². The van der Waals surface area contributed by atoms with Gasteiger partial charge in [0.15, 0.2) is 5.65 Å². The summed E-state index contributed by atoms with van der Waals surface area (Å²) >= 11 is 0. The topological polar surface area (TPSA) is 38.9 Å². The smallest absolute Gasteiger partial charge is 0.164 e. The van der Waals surface area contributed by atoms with Crippen molar-refractivity contribution in [3.63, 3.8) is 0 Å². The highest BCUT2D eigenvalue weighted by molar-refractivity contribution is 6.15. The second-order valence-electron chi connectivity index (χ2n) is 9.58. The molecular weight excluding hydrogens is 478 g/mol. The van der Waals surface area contributed by atoms with Crippen LogP contribution in [0.15, 0.2) is 140 Å². The van der Waals surface area contributed by atoms with Crippen molar-refractivity contribution in [3.05, 3.63) is 140 Å². The molecule has 184 valence electrons. The van der Waals surface area contributed by atoms with Crippen LogP contribution < -0.4 is 5.01 Å². The number of nitrogens with zero attached hydrogens (tertiary/aromatic N) is 5. The Labute approximate surface area is 224 Å². The molecule has 0 bridgehead atoms. The fraction of sp³-hybridized carbons (Fsp3) is 0. The van der Waals surface area contributed by atoms with Gasteiger partial charge in [-0.2, -0.15) is 0 Å². The number of aromatic nitrogens is 4. The third-order valence-corrected chi connectivity index (χ3v) is 7.32. The number of pyridine rings is 2. The number of para-hydroxylation sites is 4. The van der Waals surface area contributed by atoms with Gasteiger partial charge in [0, 0.05) is 28.0 Å². The fourth-order valence-electron chi connectivity index (χ4n) is 5.66. The average Bonchev–Trinajstić information content (AvgIpc) is 3.50. The lowest BCUT2D eigenvalue weighted by atomic mass is 10.1. The molecule has 0 radical (unpaired) electrons. The summed E-state index contributed by atoms with van der Waals surface area (Å²) in [6.45, 7) is 0. The zero-order valence-electron chi connectivity index (χ0n) is 21.0. The Morgan fingerprint density at radius 2 is 1.13 bits per heavy atom. The van der Waals surface area contributed by atoms with Gasteiger partial charge >= 0.3 is 0 Å². The van der Waals surface area contributed by atoms with Crippen LogP contribution in [0.5, 0.6) is 0 Å². The maximum absolute atomic E-state index is 5.44. The molecule has 8 rings (SSSR count). The van der Waals surface area contributed by atoms with Crippen molar-refractivity contribution in [2.75, 3.05) is 5.01 Å². The molecule has 0 N–H and O–H groups in total. The number of fused-ring (bicyclic) bond motifs is 6. The van der Waals surface area contributed by atoms with Gasteiger partial charge < -0.3 is 0 Å². The highest BCUT2D eigenvalue weighted by atomic mass is 15.6. The van der Waals surface area contributed by atoms with Crippen molar-refractivity contribution in [1.29, 1.82) is 0 Å². The molecule has 0 spiro atoms. The highest BCUT2D eigenvalue weighted by Gasteiger charge is 2.23. The van der Waals surface area contributed by atoms with Crippen molar-refractivity contribution in [3.8, 4) is 5.69 Å². The molecule has 8 aromatic rings. The predicted octanol–water partition coefficient (Wildman–Crippen LogP) is 8.28. The van der Waals surface area contributed by atoms with Crippen molar-refractivity contribution in [2.45, 2.75) is 0 Å². The van der Waals surface area contributed by atoms with Crippen LogP contribution in [0.3, 0.4) is 0 Å². The standard InChI is InChI=1S/C34H23N5/c1-4-13-24(14-5-1)37-30-20-11-10-19-27(30)28-23-29-32-31(21-12-22-35-32)39(34(29)36-33(28)37)38(25-15-6-2-7-16-25)26-17-8-3-9-18-26/h1-23H. The van der Waals surface area contributed by atoms with E-state index in [1.54, 1.807) is 0 Å². The van der Waals surface area contributed by atoms with E-state index in [0.29, 0.717) is 0 Å². The lowest BCUT2D eigenvalue weighted by Crippen LogP contribution is -2.24. The van der Waals surface area contributed by atoms with Gasteiger partial charge in [0.2, 0.25) is 0 Å². The number of benzene rings is 4. The maximum Gasteiger partial charge on any atom is 0.164 e. The van der Waals surface area contributed by atoms with Gasteiger partial charge in [-0.15, -0.1) is 0 Å². The van der Waals surface area contributed by atoms with Crippen LogP contribution in [0.1, 0.15) is 0 Å². The van der Waals surface area contributed by atoms with E-state index in [2.05, 4.69) is 123 Å². The third kappa shape index (κ3) is 3.27. The van der Waals surface area contributed by atoms with Crippen LogP contribution in [0.25, 0.3) is 49.7 Å². The quantitative estimate of drug-likeness (QED) is 0.244. The van der Waals surface area contributed by atoms with Gasteiger partial charge in [-0.3, -0.25) is 9.55 Å². The molecule has 5 nitrogen and oxygen atoms in total. The molecule has 0 fully saturated rings. The van der Waals surface area contributed by atoms with E-state index < -0.39 is 0 Å². The Kier molecular flexibility index (Phi) is 4.76. The lowest BCUT2D eigenvalue weighted by Gasteiger charge is -2.27. The van der Waals surface area contributed by atoms with E-state index in [9.17, 15) is 0 Å². The summed E-state index contributed by atoms with van der Waals surface area (Å²) in [5.74, 6) is 0. The predicted molar refractivity (Wildman–Crippen MR) is 160 cm³/mol. The van der Waals surface area contributed by atoms with E-state index in [-0.39, 0.29) is 0 Å². The van der Waals surface area contributed by atoms with Crippen LogP contribution in [0.4, 0.5) is 11.4 Å². The normalized spacial score (nSPS) is 11.6. The molecule has 0 aliphatic carbocycles. The van der Waals surface area contributed by atoms with E-state index >= 15 is 0 Å². The summed E-state index contributed by atoms with van der Waals surface area (Å²) in [7, 11) is 0. The SMILES string of the molecule is c1ccc(N(c2ccccc2)n2c3cccnc3c3cc4c5ccccc5n(-c5ccccc5)c4nc32)cc1. The van der Waals surface area contributed by atoms with Gasteiger partial charge in [-0.1, -0.05) is 72.8 Å². The van der Waals surface area contributed by atoms with Crippen LogP contribution in [0.2, 0.25) is 0 Å². The van der Waals surface area contributed by atoms with Gasteiger partial charge in [0.05, 0.1) is 27.9 Å². The number of anilines is 2. The molecule has 39 heavy (non-hydrogen) atoms. The molecule has 0 unspecified atom stereocenters. The van der Waals surface area contributed by atoms with E-state index in [0.717, 1.165) is 55.7 Å². The zero-order chi connectivity index (χ0) is 25.8. The van der Waals surface area contributed by atoms with Gasteiger partial charge in [-0.05, 0) is 60.7 Å². The summed E-state index contributed by atoms with van der Waals surface area (Å²) in [5, 5.41) is 5.52. The first-order valence-electron chi connectivity index (χ1n) is 13.0. The first kappa shape index (κ1) is 21.6. The maximum atomic E-state index is 5.44. The van der Waals surface area contributed by atoms with Gasteiger partial charge in [-0.25, -0.2) is 14.7 Å². The lowest BCUT2D eigenvalue weighted by molar-refractivity contribution is 0.873. The Bertz CT molecular complexity index is 2070. The molecule has 4 heterocycles. The Morgan fingerprint density at radius 3 is 1.85 bits per heavy atom. The Morgan fingerprint density at radius 1 is 0.513 bits per heavy atom. The second kappa shape index (κ2) is 8.57. The molecule has 4 aromatic heterocycles. The van der Waals surface area contributed by atoms with Crippen molar-refractivity contribution >= 4 is 55.4 Å². The van der Waals surface area contributed by atoms with Crippen LogP contribution >= 0.6 is 0 Å². The first-order chi connectivity index (χ1) is 19.4. The number of hydrogen-bond acceptors (Lipinski definition) is 3. The second-order valence-corrected chi connectivity index (χ2v) is 9.58. The molecule has 4 aromatic carbocycles. The zero-order valence-corrected chi connectivity index (χ0v) is 21.0. The fourth-order valence-corrected chi connectivity index (χ4v) is 5.66. The van der Waals surface area contributed by atoms with Gasteiger partial charge in [0.25, 0.3) is 0 Å². The summed E-state index contributed by atoms with van der Waals surface area (Å²) in [5.41, 5.74) is 7.98. The third-order valence-electron chi connectivity index (χ3n) is 7.32. The molecule has 5 heteroatoms. The molecule has 0 aliphatic rings. The average molecular weight is 502 g/mol. The van der Waals surface area contributed by atoms with Gasteiger partial charge in [0.1, 0.15) is 5.65 Å². The van der Waals surface area contributed by atoms with E-state index in [1.807, 2.05) is 30.5 Å². The summed E-state index contributed by atoms with van der Waals surface area (Å²) < 4.78 is 4.46. The summed E-state index contributed by atoms with van der Waals surface area (Å²) in [6.07, 6.45) is 1.86. The molecule has 0 saturated heterocycles. The Hall–Kier alpha value is -5.42. The molecule has 0 aliphatic heterocycles. The van der Waals surface area contributed by atoms with Crippen molar-refractivity contribution in [2.24, 2.45) is 0 Å². The van der Waals surface area contributed by atoms with Crippen LogP contribution in [-0.2, 0) is 0 Å². The minimum absolute atomic E-state index is 0.851. The number of rotatable bonds is 4. The number of hydrogen-bond donors (Lipinski definition) is 0. The van der Waals surface area contributed by atoms with Crippen molar-refractivity contribution < 1.29 is 0 Å². The summed E-state index contributed by atoms with van der Waals surface area (Å²) in [4.78, 5) is 10.3. The summed E-state index contributed by atoms with van der Waals surface area (Å²) in [6, 6.07) is 46.2.